The first-order chi connectivity index (χ1) is 10.1. The molecule has 0 saturated carbocycles. The molecule has 1 amide bonds. The van der Waals surface area contributed by atoms with Gasteiger partial charge in [0.15, 0.2) is 0 Å². The third kappa shape index (κ3) is 3.47. The molecule has 2 fully saturated rings. The molecule has 21 heavy (non-hydrogen) atoms. The summed E-state index contributed by atoms with van der Waals surface area (Å²) >= 11 is 3.51. The first-order valence-corrected chi connectivity index (χ1v) is 8.43. The molecule has 0 radical (unpaired) electrons. The lowest BCUT2D eigenvalue weighted by Gasteiger charge is -2.36. The van der Waals surface area contributed by atoms with E-state index in [0.29, 0.717) is 12.6 Å². The van der Waals surface area contributed by atoms with Gasteiger partial charge < -0.3 is 10.6 Å². The number of nitrogens with zero attached hydrogens (tertiary/aromatic N) is 1. The predicted molar refractivity (Wildman–Crippen MR) is 88.5 cm³/mol. The van der Waals surface area contributed by atoms with Crippen molar-refractivity contribution in [1.29, 1.82) is 0 Å². The molecule has 2 N–H and O–H groups in total. The Hall–Kier alpha value is -0.910. The van der Waals surface area contributed by atoms with Gasteiger partial charge in [0.2, 0.25) is 5.91 Å². The standard InChI is InChI=1S/C16H22BrN3O/c1-11-4-5-14(13(17)7-11)19-16(21)10-20-6-2-3-12-8-18-9-15(12)20/h4-5,7,12,15,18H,2-3,6,8-10H2,1H3,(H,19,21). The fourth-order valence-corrected chi connectivity index (χ4v) is 4.05. The monoisotopic (exact) mass is 351 g/mol. The van der Waals surface area contributed by atoms with E-state index in [0.717, 1.165) is 35.7 Å². The Morgan fingerprint density at radius 3 is 3.14 bits per heavy atom. The fourth-order valence-electron chi connectivity index (χ4n) is 3.46. The molecule has 2 aliphatic heterocycles. The van der Waals surface area contributed by atoms with Crippen molar-refractivity contribution in [2.45, 2.75) is 25.8 Å². The summed E-state index contributed by atoms with van der Waals surface area (Å²) in [5, 5.41) is 6.47. The number of piperidine rings is 1. The van der Waals surface area contributed by atoms with Gasteiger partial charge in [-0.25, -0.2) is 0 Å². The van der Waals surface area contributed by atoms with Crippen LogP contribution in [0.1, 0.15) is 18.4 Å². The number of likely N-dealkylation sites (tertiary alicyclic amines) is 1. The Labute approximate surface area is 134 Å². The van der Waals surface area contributed by atoms with Crippen molar-refractivity contribution in [3.63, 3.8) is 0 Å². The SMILES string of the molecule is Cc1ccc(NC(=O)CN2CCCC3CNCC32)c(Br)c1. The summed E-state index contributed by atoms with van der Waals surface area (Å²) < 4.78 is 0.940. The molecule has 2 unspecified atom stereocenters. The Balaban J connectivity index is 1.61. The van der Waals surface area contributed by atoms with E-state index in [2.05, 4.69) is 31.5 Å². The van der Waals surface area contributed by atoms with E-state index in [-0.39, 0.29) is 5.91 Å². The van der Waals surface area contributed by atoms with Gasteiger partial charge in [0.05, 0.1) is 12.2 Å². The summed E-state index contributed by atoms with van der Waals surface area (Å²) in [6.45, 7) is 5.68. The molecular formula is C16H22BrN3O. The van der Waals surface area contributed by atoms with Crippen LogP contribution in [0.15, 0.2) is 22.7 Å². The van der Waals surface area contributed by atoms with Crippen LogP contribution in [0, 0.1) is 12.8 Å². The Kier molecular flexibility index (Phi) is 4.62. The smallest absolute Gasteiger partial charge is 0.238 e. The molecule has 2 aliphatic rings. The number of carbonyl (C=O) groups is 1. The van der Waals surface area contributed by atoms with Gasteiger partial charge in [0, 0.05) is 17.1 Å². The zero-order chi connectivity index (χ0) is 14.8. The number of benzene rings is 1. The average Bonchev–Trinajstić information content (AvgIpc) is 2.91. The van der Waals surface area contributed by atoms with Crippen molar-refractivity contribution in [1.82, 2.24) is 10.2 Å². The van der Waals surface area contributed by atoms with Crippen molar-refractivity contribution in [3.05, 3.63) is 28.2 Å². The van der Waals surface area contributed by atoms with E-state index in [1.807, 2.05) is 25.1 Å². The molecule has 4 nitrogen and oxygen atoms in total. The third-order valence-electron chi connectivity index (χ3n) is 4.54. The average molecular weight is 352 g/mol. The zero-order valence-corrected chi connectivity index (χ0v) is 13.9. The van der Waals surface area contributed by atoms with Gasteiger partial charge in [0.1, 0.15) is 0 Å². The first kappa shape index (κ1) is 15.0. The summed E-state index contributed by atoms with van der Waals surface area (Å²) in [6, 6.07) is 6.52. The molecule has 0 spiro atoms. The van der Waals surface area contributed by atoms with Crippen LogP contribution in [-0.2, 0) is 4.79 Å². The molecule has 1 aromatic carbocycles. The number of rotatable bonds is 3. The molecule has 5 heteroatoms. The van der Waals surface area contributed by atoms with Gasteiger partial charge in [-0.1, -0.05) is 6.07 Å². The van der Waals surface area contributed by atoms with Crippen LogP contribution in [0.2, 0.25) is 0 Å². The minimum atomic E-state index is 0.0760. The van der Waals surface area contributed by atoms with Crippen LogP contribution in [-0.4, -0.2) is 43.0 Å². The van der Waals surface area contributed by atoms with Crippen molar-refractivity contribution in [2.24, 2.45) is 5.92 Å². The lowest BCUT2D eigenvalue weighted by Crippen LogP contribution is -2.48. The van der Waals surface area contributed by atoms with Crippen molar-refractivity contribution in [3.8, 4) is 0 Å². The summed E-state index contributed by atoms with van der Waals surface area (Å²) in [5.41, 5.74) is 2.03. The Morgan fingerprint density at radius 2 is 2.33 bits per heavy atom. The van der Waals surface area contributed by atoms with E-state index < -0.39 is 0 Å². The number of fused-ring (bicyclic) bond motifs is 1. The van der Waals surface area contributed by atoms with Crippen LogP contribution in [0.5, 0.6) is 0 Å². The van der Waals surface area contributed by atoms with Crippen LogP contribution in [0.25, 0.3) is 0 Å². The topological polar surface area (TPSA) is 44.4 Å². The normalized spacial score (nSPS) is 25.6. The van der Waals surface area contributed by atoms with Crippen LogP contribution >= 0.6 is 15.9 Å². The molecule has 0 aromatic heterocycles. The van der Waals surface area contributed by atoms with Crippen molar-refractivity contribution >= 4 is 27.5 Å². The number of anilines is 1. The molecule has 1 aromatic rings. The molecule has 114 valence electrons. The van der Waals surface area contributed by atoms with E-state index in [1.54, 1.807) is 0 Å². The first-order valence-electron chi connectivity index (χ1n) is 7.64. The number of halogens is 1. The van der Waals surface area contributed by atoms with E-state index >= 15 is 0 Å². The van der Waals surface area contributed by atoms with E-state index in [4.69, 9.17) is 0 Å². The molecule has 0 bridgehead atoms. The number of nitrogens with one attached hydrogen (secondary N) is 2. The second kappa shape index (κ2) is 6.46. The van der Waals surface area contributed by atoms with Gasteiger partial charge in [-0.05, 0) is 72.4 Å². The van der Waals surface area contributed by atoms with Crippen LogP contribution in [0.4, 0.5) is 5.69 Å². The highest BCUT2D eigenvalue weighted by Crippen LogP contribution is 2.27. The maximum Gasteiger partial charge on any atom is 0.238 e. The van der Waals surface area contributed by atoms with Crippen molar-refractivity contribution < 1.29 is 4.79 Å². The molecular weight excluding hydrogens is 330 g/mol. The second-order valence-corrected chi connectivity index (χ2v) is 6.98. The van der Waals surface area contributed by atoms with Gasteiger partial charge in [0.25, 0.3) is 0 Å². The molecule has 2 saturated heterocycles. The van der Waals surface area contributed by atoms with E-state index in [1.165, 1.54) is 18.4 Å². The van der Waals surface area contributed by atoms with Gasteiger partial charge >= 0.3 is 0 Å². The predicted octanol–water partition coefficient (Wildman–Crippen LogP) is 2.38. The Bertz CT molecular complexity index is 534. The number of carbonyl (C=O) groups excluding carboxylic acids is 1. The maximum absolute atomic E-state index is 12.3. The molecule has 3 rings (SSSR count). The fraction of sp³-hybridized carbons (Fsp3) is 0.562. The number of amides is 1. The minimum absolute atomic E-state index is 0.0760. The van der Waals surface area contributed by atoms with Gasteiger partial charge in [-0.3, -0.25) is 9.69 Å². The molecule has 2 heterocycles. The largest absolute Gasteiger partial charge is 0.324 e. The maximum atomic E-state index is 12.3. The molecule has 0 aliphatic carbocycles. The Morgan fingerprint density at radius 1 is 1.48 bits per heavy atom. The number of hydrogen-bond acceptors (Lipinski definition) is 3. The lowest BCUT2D eigenvalue weighted by atomic mass is 9.92. The quantitative estimate of drug-likeness (QED) is 0.878. The number of hydrogen-bond donors (Lipinski definition) is 2. The minimum Gasteiger partial charge on any atom is -0.324 e. The highest BCUT2D eigenvalue weighted by atomic mass is 79.9. The number of aryl methyl sites for hydroxylation is 1. The van der Waals surface area contributed by atoms with Crippen LogP contribution in [0.3, 0.4) is 0 Å². The lowest BCUT2D eigenvalue weighted by molar-refractivity contribution is -0.118. The summed E-state index contributed by atoms with van der Waals surface area (Å²) in [7, 11) is 0. The van der Waals surface area contributed by atoms with Gasteiger partial charge in [-0.2, -0.15) is 0 Å². The van der Waals surface area contributed by atoms with Crippen LogP contribution < -0.4 is 10.6 Å². The summed E-state index contributed by atoms with van der Waals surface area (Å²) in [6.07, 6.45) is 2.49. The van der Waals surface area contributed by atoms with Crippen molar-refractivity contribution in [2.75, 3.05) is 31.5 Å². The summed E-state index contributed by atoms with van der Waals surface area (Å²) in [4.78, 5) is 14.7. The third-order valence-corrected chi connectivity index (χ3v) is 5.19. The zero-order valence-electron chi connectivity index (χ0n) is 12.4. The highest BCUT2D eigenvalue weighted by Gasteiger charge is 2.35. The van der Waals surface area contributed by atoms with Gasteiger partial charge in [-0.15, -0.1) is 0 Å². The summed E-state index contributed by atoms with van der Waals surface area (Å²) in [5.74, 6) is 0.796. The molecule has 2 atom stereocenters. The second-order valence-electron chi connectivity index (χ2n) is 6.13. The highest BCUT2D eigenvalue weighted by molar-refractivity contribution is 9.10. The van der Waals surface area contributed by atoms with E-state index in [9.17, 15) is 4.79 Å².